The topological polar surface area (TPSA) is 41.6 Å². The second kappa shape index (κ2) is 5.83. The molecule has 1 heterocycles. The van der Waals surface area contributed by atoms with Crippen LogP contribution in [0.4, 0.5) is 10.5 Å². The van der Waals surface area contributed by atoms with Crippen molar-refractivity contribution in [1.82, 2.24) is 4.90 Å². The van der Waals surface area contributed by atoms with Gasteiger partial charge < -0.3 is 10.1 Å². The number of amides is 2. The minimum Gasteiger partial charge on any atom is -0.354 e. The van der Waals surface area contributed by atoms with Crippen molar-refractivity contribution in [2.45, 2.75) is 52.3 Å². The smallest absolute Gasteiger partial charge is 0.324 e. The van der Waals surface area contributed by atoms with Gasteiger partial charge in [0.25, 0.3) is 0 Å². The molecule has 1 aliphatic heterocycles. The molecular formula is C16H24N2O2. The van der Waals surface area contributed by atoms with E-state index in [1.165, 1.54) is 0 Å². The third-order valence-electron chi connectivity index (χ3n) is 3.90. The van der Waals surface area contributed by atoms with E-state index in [9.17, 15) is 4.79 Å². The fourth-order valence-corrected chi connectivity index (χ4v) is 2.72. The highest BCUT2D eigenvalue weighted by atomic mass is 16.5. The molecule has 4 nitrogen and oxygen atoms in total. The SMILES string of the molecule is CCc1ccccc1NC(=O)N1C(CC)COC1(C)C. The summed E-state index contributed by atoms with van der Waals surface area (Å²) >= 11 is 0. The molecule has 20 heavy (non-hydrogen) atoms. The van der Waals surface area contributed by atoms with Crippen molar-refractivity contribution in [3.05, 3.63) is 29.8 Å². The number of ether oxygens (including phenoxy) is 1. The average molecular weight is 276 g/mol. The van der Waals surface area contributed by atoms with Gasteiger partial charge in [0, 0.05) is 5.69 Å². The first-order valence-corrected chi connectivity index (χ1v) is 7.31. The van der Waals surface area contributed by atoms with Crippen LogP contribution in [-0.2, 0) is 11.2 Å². The minimum atomic E-state index is -0.550. The highest BCUT2D eigenvalue weighted by Crippen LogP contribution is 2.30. The van der Waals surface area contributed by atoms with Crippen LogP contribution in [0.2, 0.25) is 0 Å². The number of carbonyl (C=O) groups is 1. The average Bonchev–Trinajstić information content (AvgIpc) is 2.74. The van der Waals surface area contributed by atoms with E-state index in [2.05, 4.69) is 19.2 Å². The minimum absolute atomic E-state index is 0.0831. The van der Waals surface area contributed by atoms with Crippen LogP contribution in [-0.4, -0.2) is 29.3 Å². The molecule has 0 aliphatic carbocycles. The van der Waals surface area contributed by atoms with E-state index in [1.54, 1.807) is 0 Å². The lowest BCUT2D eigenvalue weighted by Gasteiger charge is -2.33. The zero-order valence-electron chi connectivity index (χ0n) is 12.8. The predicted octanol–water partition coefficient (Wildman–Crippen LogP) is 3.63. The number of benzene rings is 1. The summed E-state index contributed by atoms with van der Waals surface area (Å²) in [4.78, 5) is 14.4. The van der Waals surface area contributed by atoms with Crippen molar-refractivity contribution in [3.8, 4) is 0 Å². The molecule has 1 aromatic rings. The van der Waals surface area contributed by atoms with Crippen molar-refractivity contribution >= 4 is 11.7 Å². The molecular weight excluding hydrogens is 252 g/mol. The highest BCUT2D eigenvalue weighted by Gasteiger charge is 2.42. The summed E-state index contributed by atoms with van der Waals surface area (Å²) in [5.41, 5.74) is 1.48. The van der Waals surface area contributed by atoms with Crippen molar-refractivity contribution in [2.75, 3.05) is 11.9 Å². The van der Waals surface area contributed by atoms with E-state index >= 15 is 0 Å². The maximum atomic E-state index is 12.6. The third kappa shape index (κ3) is 2.80. The van der Waals surface area contributed by atoms with Gasteiger partial charge in [0.1, 0.15) is 5.72 Å². The predicted molar refractivity (Wildman–Crippen MR) is 80.8 cm³/mol. The number of rotatable bonds is 3. The van der Waals surface area contributed by atoms with Crippen LogP contribution in [0.25, 0.3) is 0 Å². The lowest BCUT2D eigenvalue weighted by atomic mass is 10.1. The van der Waals surface area contributed by atoms with Gasteiger partial charge in [-0.05, 0) is 38.3 Å². The number of nitrogens with one attached hydrogen (secondary N) is 1. The van der Waals surface area contributed by atoms with E-state index < -0.39 is 5.72 Å². The number of aryl methyl sites for hydroxylation is 1. The Morgan fingerprint density at radius 1 is 1.40 bits per heavy atom. The van der Waals surface area contributed by atoms with E-state index in [0.29, 0.717) is 6.61 Å². The summed E-state index contributed by atoms with van der Waals surface area (Å²) < 4.78 is 5.74. The molecule has 0 bridgehead atoms. The van der Waals surface area contributed by atoms with Gasteiger partial charge in [-0.25, -0.2) is 4.79 Å². The van der Waals surface area contributed by atoms with E-state index in [-0.39, 0.29) is 12.1 Å². The Morgan fingerprint density at radius 2 is 2.10 bits per heavy atom. The van der Waals surface area contributed by atoms with Crippen LogP contribution in [0, 0.1) is 0 Å². The molecule has 0 spiro atoms. The summed E-state index contributed by atoms with van der Waals surface area (Å²) in [5, 5.41) is 3.03. The maximum Gasteiger partial charge on any atom is 0.324 e. The van der Waals surface area contributed by atoms with Gasteiger partial charge in [0.05, 0.1) is 12.6 Å². The molecule has 1 unspecified atom stereocenters. The number of para-hydroxylation sites is 1. The second-order valence-corrected chi connectivity index (χ2v) is 5.63. The Morgan fingerprint density at radius 3 is 2.75 bits per heavy atom. The van der Waals surface area contributed by atoms with Crippen molar-refractivity contribution in [3.63, 3.8) is 0 Å². The first-order chi connectivity index (χ1) is 9.49. The van der Waals surface area contributed by atoms with Crippen LogP contribution in [0.3, 0.4) is 0 Å². The van der Waals surface area contributed by atoms with Crippen LogP contribution < -0.4 is 5.32 Å². The van der Waals surface area contributed by atoms with Gasteiger partial charge in [-0.1, -0.05) is 32.0 Å². The summed E-state index contributed by atoms with van der Waals surface area (Å²) in [6.07, 6.45) is 1.79. The lowest BCUT2D eigenvalue weighted by molar-refractivity contribution is -0.0301. The molecule has 1 aliphatic rings. The Balaban J connectivity index is 2.18. The number of hydrogen-bond acceptors (Lipinski definition) is 2. The molecule has 0 aromatic heterocycles. The van der Waals surface area contributed by atoms with Crippen LogP contribution in [0.1, 0.15) is 39.7 Å². The van der Waals surface area contributed by atoms with Gasteiger partial charge in [-0.2, -0.15) is 0 Å². The number of anilines is 1. The summed E-state index contributed by atoms with van der Waals surface area (Å²) in [7, 11) is 0. The van der Waals surface area contributed by atoms with Crippen molar-refractivity contribution < 1.29 is 9.53 Å². The summed E-state index contributed by atoms with van der Waals surface area (Å²) in [6, 6.07) is 7.98. The lowest BCUT2D eigenvalue weighted by Crippen LogP contribution is -2.49. The van der Waals surface area contributed by atoms with Crippen molar-refractivity contribution in [2.24, 2.45) is 0 Å². The molecule has 2 amide bonds. The zero-order valence-corrected chi connectivity index (χ0v) is 12.8. The summed E-state index contributed by atoms with van der Waals surface area (Å²) in [5.74, 6) is 0. The molecule has 1 saturated heterocycles. The van der Waals surface area contributed by atoms with Gasteiger partial charge in [-0.15, -0.1) is 0 Å². The highest BCUT2D eigenvalue weighted by molar-refractivity contribution is 5.91. The van der Waals surface area contributed by atoms with Crippen LogP contribution in [0.15, 0.2) is 24.3 Å². The van der Waals surface area contributed by atoms with Crippen LogP contribution >= 0.6 is 0 Å². The first-order valence-electron chi connectivity index (χ1n) is 7.31. The van der Waals surface area contributed by atoms with Gasteiger partial charge in [-0.3, -0.25) is 4.90 Å². The molecule has 1 aromatic carbocycles. The number of hydrogen-bond donors (Lipinski definition) is 1. The summed E-state index contributed by atoms with van der Waals surface area (Å²) in [6.45, 7) is 8.65. The quantitative estimate of drug-likeness (QED) is 0.916. The molecule has 4 heteroatoms. The Kier molecular flexibility index (Phi) is 4.33. The maximum absolute atomic E-state index is 12.6. The molecule has 110 valence electrons. The number of nitrogens with zero attached hydrogens (tertiary/aromatic N) is 1. The first kappa shape index (κ1) is 14.9. The molecule has 0 radical (unpaired) electrons. The number of carbonyl (C=O) groups excluding carboxylic acids is 1. The molecule has 1 atom stereocenters. The van der Waals surface area contributed by atoms with Gasteiger partial charge in [0.2, 0.25) is 0 Å². The molecule has 0 saturated carbocycles. The standard InChI is InChI=1S/C16H24N2O2/c1-5-12-9-7-8-10-14(12)17-15(19)18-13(6-2)11-20-16(18,3)4/h7-10,13H,5-6,11H2,1-4H3,(H,17,19). The number of urea groups is 1. The molecule has 2 rings (SSSR count). The Labute approximate surface area is 121 Å². The molecule has 1 N–H and O–H groups in total. The fourth-order valence-electron chi connectivity index (χ4n) is 2.72. The second-order valence-electron chi connectivity index (χ2n) is 5.63. The van der Waals surface area contributed by atoms with E-state index in [4.69, 9.17) is 4.74 Å². The molecule has 1 fully saturated rings. The normalized spacial score (nSPS) is 21.0. The Bertz CT molecular complexity index is 485. The fraction of sp³-hybridized carbons (Fsp3) is 0.562. The van der Waals surface area contributed by atoms with E-state index in [1.807, 2.05) is 43.0 Å². The third-order valence-corrected chi connectivity index (χ3v) is 3.90. The van der Waals surface area contributed by atoms with Crippen molar-refractivity contribution in [1.29, 1.82) is 0 Å². The Hall–Kier alpha value is -1.55. The van der Waals surface area contributed by atoms with Crippen LogP contribution in [0.5, 0.6) is 0 Å². The van der Waals surface area contributed by atoms with E-state index in [0.717, 1.165) is 24.1 Å². The zero-order chi connectivity index (χ0) is 14.8. The monoisotopic (exact) mass is 276 g/mol. The van der Waals surface area contributed by atoms with Gasteiger partial charge in [0.15, 0.2) is 0 Å². The van der Waals surface area contributed by atoms with Gasteiger partial charge >= 0.3 is 6.03 Å². The largest absolute Gasteiger partial charge is 0.354 e.